The summed E-state index contributed by atoms with van der Waals surface area (Å²) in [6.45, 7) is 3.68. The van der Waals surface area contributed by atoms with Gasteiger partial charge in [-0.15, -0.1) is 6.58 Å². The average molecular weight is 245 g/mol. The molecule has 0 aliphatic rings. The number of allylic oxidation sites excluding steroid dienone is 1. The molecule has 0 saturated heterocycles. The molecule has 0 aliphatic carbocycles. The van der Waals surface area contributed by atoms with E-state index < -0.39 is 6.43 Å². The Balaban J connectivity index is 2.30. The SMILES string of the molecule is C=CCc1ccc(-c2ccnc(C(F)F)c2)cc1. The Kier molecular flexibility index (Phi) is 3.82. The molecule has 0 aliphatic heterocycles. The van der Waals surface area contributed by atoms with Gasteiger partial charge < -0.3 is 0 Å². The summed E-state index contributed by atoms with van der Waals surface area (Å²) in [5.74, 6) is 0. The number of aromatic nitrogens is 1. The zero-order valence-electron chi connectivity index (χ0n) is 9.81. The van der Waals surface area contributed by atoms with Crippen molar-refractivity contribution in [2.75, 3.05) is 0 Å². The maximum atomic E-state index is 12.6. The molecule has 0 radical (unpaired) electrons. The molecule has 92 valence electrons. The number of benzene rings is 1. The van der Waals surface area contributed by atoms with Crippen molar-refractivity contribution in [2.45, 2.75) is 12.8 Å². The lowest BCUT2D eigenvalue weighted by molar-refractivity contribution is 0.146. The molecule has 3 heteroatoms. The Morgan fingerprint density at radius 3 is 2.44 bits per heavy atom. The van der Waals surface area contributed by atoms with Crippen LogP contribution >= 0.6 is 0 Å². The summed E-state index contributed by atoms with van der Waals surface area (Å²) in [6.07, 6.45) is 1.51. The quantitative estimate of drug-likeness (QED) is 0.727. The molecule has 18 heavy (non-hydrogen) atoms. The van der Waals surface area contributed by atoms with Gasteiger partial charge in [0.05, 0.1) is 0 Å². The normalized spacial score (nSPS) is 10.6. The molecular weight excluding hydrogens is 232 g/mol. The lowest BCUT2D eigenvalue weighted by Crippen LogP contribution is -1.90. The molecule has 0 fully saturated rings. The highest BCUT2D eigenvalue weighted by Crippen LogP contribution is 2.24. The second-order valence-corrected chi connectivity index (χ2v) is 3.96. The molecule has 1 aromatic carbocycles. The standard InChI is InChI=1S/C15H13F2N/c1-2-3-11-4-6-12(7-5-11)13-8-9-18-14(10-13)15(16)17/h2,4-10,15H,1,3H2. The van der Waals surface area contributed by atoms with E-state index >= 15 is 0 Å². The number of pyridine rings is 1. The third-order valence-electron chi connectivity index (χ3n) is 2.67. The minimum atomic E-state index is -2.54. The molecule has 0 amide bonds. The molecule has 1 aromatic heterocycles. The van der Waals surface area contributed by atoms with Gasteiger partial charge in [0, 0.05) is 6.20 Å². The predicted octanol–water partition coefficient (Wildman–Crippen LogP) is 4.41. The highest BCUT2D eigenvalue weighted by atomic mass is 19.3. The summed E-state index contributed by atoms with van der Waals surface area (Å²) in [6, 6.07) is 10.9. The smallest absolute Gasteiger partial charge is 0.255 e. The summed E-state index contributed by atoms with van der Waals surface area (Å²) in [5, 5.41) is 0. The summed E-state index contributed by atoms with van der Waals surface area (Å²) in [4.78, 5) is 3.65. The van der Waals surface area contributed by atoms with Crippen molar-refractivity contribution in [3.8, 4) is 11.1 Å². The fourth-order valence-electron chi connectivity index (χ4n) is 1.75. The van der Waals surface area contributed by atoms with Crippen molar-refractivity contribution in [3.05, 3.63) is 66.5 Å². The maximum Gasteiger partial charge on any atom is 0.280 e. The molecule has 0 bridgehead atoms. The fourth-order valence-corrected chi connectivity index (χ4v) is 1.75. The highest BCUT2D eigenvalue weighted by molar-refractivity contribution is 5.63. The van der Waals surface area contributed by atoms with Crippen LogP contribution in [-0.2, 0) is 6.42 Å². The maximum absolute atomic E-state index is 12.6. The van der Waals surface area contributed by atoms with E-state index in [2.05, 4.69) is 11.6 Å². The van der Waals surface area contributed by atoms with Crippen LogP contribution < -0.4 is 0 Å². The summed E-state index contributed by atoms with van der Waals surface area (Å²) in [5.41, 5.74) is 2.62. The van der Waals surface area contributed by atoms with E-state index in [-0.39, 0.29) is 5.69 Å². The first-order chi connectivity index (χ1) is 8.70. The zero-order chi connectivity index (χ0) is 13.0. The van der Waals surface area contributed by atoms with Crippen LogP contribution in [0.25, 0.3) is 11.1 Å². The molecule has 0 N–H and O–H groups in total. The van der Waals surface area contributed by atoms with E-state index in [0.29, 0.717) is 0 Å². The van der Waals surface area contributed by atoms with Gasteiger partial charge in [-0.25, -0.2) is 8.78 Å². The Hall–Kier alpha value is -2.03. The van der Waals surface area contributed by atoms with E-state index in [1.807, 2.05) is 30.3 Å². The van der Waals surface area contributed by atoms with Crippen molar-refractivity contribution in [3.63, 3.8) is 0 Å². The second-order valence-electron chi connectivity index (χ2n) is 3.96. The monoisotopic (exact) mass is 245 g/mol. The molecule has 2 rings (SSSR count). The van der Waals surface area contributed by atoms with Crippen LogP contribution in [0.3, 0.4) is 0 Å². The van der Waals surface area contributed by atoms with E-state index in [1.165, 1.54) is 12.3 Å². The molecule has 0 unspecified atom stereocenters. The fraction of sp³-hybridized carbons (Fsp3) is 0.133. The number of alkyl halides is 2. The van der Waals surface area contributed by atoms with Gasteiger partial charge in [-0.05, 0) is 35.2 Å². The lowest BCUT2D eigenvalue weighted by atomic mass is 10.0. The third kappa shape index (κ3) is 2.80. The Morgan fingerprint density at radius 1 is 1.11 bits per heavy atom. The van der Waals surface area contributed by atoms with E-state index in [4.69, 9.17) is 0 Å². The van der Waals surface area contributed by atoms with Crippen molar-refractivity contribution in [2.24, 2.45) is 0 Å². The van der Waals surface area contributed by atoms with E-state index in [0.717, 1.165) is 23.1 Å². The van der Waals surface area contributed by atoms with Crippen LogP contribution in [0.5, 0.6) is 0 Å². The lowest BCUT2D eigenvalue weighted by Gasteiger charge is -2.05. The molecule has 0 atom stereocenters. The van der Waals surface area contributed by atoms with Crippen LogP contribution in [0.1, 0.15) is 17.7 Å². The highest BCUT2D eigenvalue weighted by Gasteiger charge is 2.09. The largest absolute Gasteiger partial charge is 0.280 e. The number of nitrogens with zero attached hydrogens (tertiary/aromatic N) is 1. The van der Waals surface area contributed by atoms with Gasteiger partial charge in [0.15, 0.2) is 0 Å². The molecule has 2 aromatic rings. The molecule has 0 spiro atoms. The second kappa shape index (κ2) is 5.54. The first kappa shape index (κ1) is 12.4. The van der Waals surface area contributed by atoms with E-state index in [1.54, 1.807) is 6.07 Å². The number of hydrogen-bond acceptors (Lipinski definition) is 1. The number of hydrogen-bond donors (Lipinski definition) is 0. The first-order valence-electron chi connectivity index (χ1n) is 5.65. The first-order valence-corrected chi connectivity index (χ1v) is 5.65. The van der Waals surface area contributed by atoms with Crippen LogP contribution in [0.15, 0.2) is 55.3 Å². The number of rotatable bonds is 4. The van der Waals surface area contributed by atoms with Crippen LogP contribution in [0.4, 0.5) is 8.78 Å². The van der Waals surface area contributed by atoms with Crippen LogP contribution in [0, 0.1) is 0 Å². The zero-order valence-corrected chi connectivity index (χ0v) is 9.81. The molecule has 1 heterocycles. The number of halogens is 2. The van der Waals surface area contributed by atoms with Crippen molar-refractivity contribution in [1.29, 1.82) is 0 Å². The third-order valence-corrected chi connectivity index (χ3v) is 2.67. The van der Waals surface area contributed by atoms with Gasteiger partial charge in [0.1, 0.15) is 5.69 Å². The minimum absolute atomic E-state index is 0.192. The molecular formula is C15H13F2N. The predicted molar refractivity (Wildman–Crippen MR) is 68.5 cm³/mol. The van der Waals surface area contributed by atoms with Gasteiger partial charge in [0.2, 0.25) is 0 Å². The van der Waals surface area contributed by atoms with Gasteiger partial charge in [-0.2, -0.15) is 0 Å². The van der Waals surface area contributed by atoms with Crippen LogP contribution in [-0.4, -0.2) is 4.98 Å². The van der Waals surface area contributed by atoms with Gasteiger partial charge in [-0.3, -0.25) is 4.98 Å². The Labute approximate surface area is 105 Å². The van der Waals surface area contributed by atoms with Crippen LogP contribution in [0.2, 0.25) is 0 Å². The van der Waals surface area contributed by atoms with Crippen molar-refractivity contribution in [1.82, 2.24) is 4.98 Å². The van der Waals surface area contributed by atoms with Crippen molar-refractivity contribution < 1.29 is 8.78 Å². The molecule has 1 nitrogen and oxygen atoms in total. The minimum Gasteiger partial charge on any atom is -0.255 e. The Bertz CT molecular complexity index is 532. The topological polar surface area (TPSA) is 12.9 Å². The summed E-state index contributed by atoms with van der Waals surface area (Å²) < 4.78 is 25.1. The Morgan fingerprint density at radius 2 is 1.83 bits per heavy atom. The average Bonchev–Trinajstić information content (AvgIpc) is 2.40. The summed E-state index contributed by atoms with van der Waals surface area (Å²) in [7, 11) is 0. The van der Waals surface area contributed by atoms with Crippen molar-refractivity contribution >= 4 is 0 Å². The van der Waals surface area contributed by atoms with Gasteiger partial charge in [-0.1, -0.05) is 30.3 Å². The van der Waals surface area contributed by atoms with Gasteiger partial charge in [0.25, 0.3) is 6.43 Å². The summed E-state index contributed by atoms with van der Waals surface area (Å²) >= 11 is 0. The molecule has 0 saturated carbocycles. The van der Waals surface area contributed by atoms with Gasteiger partial charge >= 0.3 is 0 Å². The van der Waals surface area contributed by atoms with E-state index in [9.17, 15) is 8.78 Å².